The van der Waals surface area contributed by atoms with Crippen LogP contribution in [0.4, 0.5) is 5.82 Å². The Labute approximate surface area is 147 Å². The predicted octanol–water partition coefficient (Wildman–Crippen LogP) is 3.16. The molecular formula is C17H20ClN3O2S. The summed E-state index contributed by atoms with van der Waals surface area (Å²) in [6.07, 6.45) is 3.30. The van der Waals surface area contributed by atoms with E-state index in [1.165, 1.54) is 10.5 Å². The van der Waals surface area contributed by atoms with Gasteiger partial charge in [0.2, 0.25) is 10.0 Å². The highest BCUT2D eigenvalue weighted by atomic mass is 35.5. The van der Waals surface area contributed by atoms with Crippen LogP contribution in [0.1, 0.15) is 18.4 Å². The van der Waals surface area contributed by atoms with Gasteiger partial charge >= 0.3 is 0 Å². The Morgan fingerprint density at radius 2 is 1.79 bits per heavy atom. The second-order valence-corrected chi connectivity index (χ2v) is 8.32. The summed E-state index contributed by atoms with van der Waals surface area (Å²) in [7, 11) is -1.48. The number of nitrogens with zero attached hydrogens (tertiary/aromatic N) is 3. The van der Waals surface area contributed by atoms with Crippen molar-refractivity contribution in [2.75, 3.05) is 25.0 Å². The first kappa shape index (κ1) is 17.2. The monoisotopic (exact) mass is 365 g/mol. The molecule has 0 atom stereocenters. The van der Waals surface area contributed by atoms with Gasteiger partial charge < -0.3 is 4.90 Å². The van der Waals surface area contributed by atoms with Crippen molar-refractivity contribution in [2.24, 2.45) is 0 Å². The average molecular weight is 366 g/mol. The lowest BCUT2D eigenvalue weighted by Gasteiger charge is -2.19. The zero-order valence-corrected chi connectivity index (χ0v) is 15.1. The van der Waals surface area contributed by atoms with Gasteiger partial charge in [0.25, 0.3) is 0 Å². The highest BCUT2D eigenvalue weighted by Crippen LogP contribution is 2.22. The SMILES string of the molecule is CN(Cc1ccc(Cl)cc1)c1ccc(S(=O)(=O)N2CCCC2)cn1. The quantitative estimate of drug-likeness (QED) is 0.816. The molecule has 128 valence electrons. The lowest BCUT2D eigenvalue weighted by molar-refractivity contribution is 0.477. The van der Waals surface area contributed by atoms with Gasteiger partial charge in [0.1, 0.15) is 10.7 Å². The first-order valence-corrected chi connectivity index (χ1v) is 9.70. The van der Waals surface area contributed by atoms with Gasteiger partial charge in [-0.15, -0.1) is 0 Å². The van der Waals surface area contributed by atoms with E-state index < -0.39 is 10.0 Å². The van der Waals surface area contributed by atoms with E-state index in [-0.39, 0.29) is 4.90 Å². The third-order valence-corrected chi connectivity index (χ3v) is 6.28. The molecule has 5 nitrogen and oxygen atoms in total. The van der Waals surface area contributed by atoms with Gasteiger partial charge in [0, 0.05) is 37.9 Å². The molecule has 0 radical (unpaired) electrons. The lowest BCUT2D eigenvalue weighted by Crippen LogP contribution is -2.28. The summed E-state index contributed by atoms with van der Waals surface area (Å²) in [5.74, 6) is 0.727. The third kappa shape index (κ3) is 3.71. The van der Waals surface area contributed by atoms with Crippen LogP contribution >= 0.6 is 11.6 Å². The molecule has 3 rings (SSSR count). The highest BCUT2D eigenvalue weighted by Gasteiger charge is 2.27. The maximum Gasteiger partial charge on any atom is 0.244 e. The molecule has 24 heavy (non-hydrogen) atoms. The first-order valence-electron chi connectivity index (χ1n) is 7.88. The average Bonchev–Trinajstić information content (AvgIpc) is 3.12. The molecule has 1 fully saturated rings. The molecule has 0 saturated carbocycles. The number of benzene rings is 1. The first-order chi connectivity index (χ1) is 11.5. The van der Waals surface area contributed by atoms with Gasteiger partial charge in [-0.1, -0.05) is 23.7 Å². The maximum absolute atomic E-state index is 12.5. The molecule has 1 aliphatic rings. The fraction of sp³-hybridized carbons (Fsp3) is 0.353. The van der Waals surface area contributed by atoms with Crippen LogP contribution in [0.25, 0.3) is 0 Å². The summed E-state index contributed by atoms with van der Waals surface area (Å²) >= 11 is 5.89. The number of hydrogen-bond donors (Lipinski definition) is 0. The van der Waals surface area contributed by atoms with E-state index in [0.717, 1.165) is 24.2 Å². The van der Waals surface area contributed by atoms with E-state index in [4.69, 9.17) is 11.6 Å². The summed E-state index contributed by atoms with van der Waals surface area (Å²) < 4.78 is 26.5. The Morgan fingerprint density at radius 3 is 2.38 bits per heavy atom. The number of anilines is 1. The molecule has 0 N–H and O–H groups in total. The minimum Gasteiger partial charge on any atom is -0.355 e. The van der Waals surface area contributed by atoms with Gasteiger partial charge in [-0.2, -0.15) is 4.31 Å². The third-order valence-electron chi connectivity index (χ3n) is 4.15. The molecule has 1 aliphatic heterocycles. The van der Waals surface area contributed by atoms with Gasteiger partial charge in [-0.25, -0.2) is 13.4 Å². The summed E-state index contributed by atoms with van der Waals surface area (Å²) in [6.45, 7) is 1.86. The number of pyridine rings is 1. The largest absolute Gasteiger partial charge is 0.355 e. The number of halogens is 1. The lowest BCUT2D eigenvalue weighted by atomic mass is 10.2. The van der Waals surface area contributed by atoms with Crippen LogP contribution in [0.3, 0.4) is 0 Å². The normalized spacial score (nSPS) is 15.6. The van der Waals surface area contributed by atoms with E-state index in [0.29, 0.717) is 24.7 Å². The van der Waals surface area contributed by atoms with Crippen LogP contribution in [0.5, 0.6) is 0 Å². The summed E-state index contributed by atoms with van der Waals surface area (Å²) in [6, 6.07) is 11.0. The Morgan fingerprint density at radius 1 is 1.12 bits per heavy atom. The fourth-order valence-corrected chi connectivity index (χ4v) is 4.36. The molecule has 0 unspecified atom stereocenters. The van der Waals surface area contributed by atoms with Crippen LogP contribution in [0.15, 0.2) is 47.5 Å². The summed E-state index contributed by atoms with van der Waals surface area (Å²) in [4.78, 5) is 6.55. The van der Waals surface area contributed by atoms with Crippen LogP contribution in [0, 0.1) is 0 Å². The van der Waals surface area contributed by atoms with Crippen molar-refractivity contribution < 1.29 is 8.42 Å². The zero-order valence-electron chi connectivity index (χ0n) is 13.5. The minimum atomic E-state index is -3.41. The standard InChI is InChI=1S/C17H20ClN3O2S/c1-20(13-14-4-6-15(18)7-5-14)17-9-8-16(12-19-17)24(22,23)21-10-2-3-11-21/h4-9,12H,2-3,10-11,13H2,1H3. The fourth-order valence-electron chi connectivity index (χ4n) is 2.77. The molecule has 1 saturated heterocycles. The molecule has 2 heterocycles. The zero-order chi connectivity index (χ0) is 17.2. The van der Waals surface area contributed by atoms with E-state index in [1.807, 2.05) is 36.2 Å². The van der Waals surface area contributed by atoms with Gasteiger partial charge in [-0.3, -0.25) is 0 Å². The molecule has 0 spiro atoms. The second kappa shape index (κ2) is 7.09. The maximum atomic E-state index is 12.5. The Kier molecular flexibility index (Phi) is 5.08. The molecular weight excluding hydrogens is 346 g/mol. The van der Waals surface area contributed by atoms with Crippen molar-refractivity contribution in [1.82, 2.24) is 9.29 Å². The molecule has 1 aromatic heterocycles. The van der Waals surface area contributed by atoms with Crippen LogP contribution in [-0.2, 0) is 16.6 Å². The second-order valence-electron chi connectivity index (χ2n) is 5.95. The van der Waals surface area contributed by atoms with Crippen molar-refractivity contribution in [3.8, 4) is 0 Å². The van der Waals surface area contributed by atoms with Gasteiger partial charge in [0.05, 0.1) is 0 Å². The van der Waals surface area contributed by atoms with E-state index in [1.54, 1.807) is 12.1 Å². The minimum absolute atomic E-state index is 0.257. The topological polar surface area (TPSA) is 53.5 Å². The summed E-state index contributed by atoms with van der Waals surface area (Å²) in [5, 5.41) is 0.705. The number of aromatic nitrogens is 1. The van der Waals surface area contributed by atoms with Crippen molar-refractivity contribution >= 4 is 27.4 Å². The number of hydrogen-bond acceptors (Lipinski definition) is 4. The van der Waals surface area contributed by atoms with Crippen molar-refractivity contribution in [3.63, 3.8) is 0 Å². The number of sulfonamides is 1. The van der Waals surface area contributed by atoms with Gasteiger partial charge in [-0.05, 0) is 42.7 Å². The van der Waals surface area contributed by atoms with Crippen LogP contribution in [0.2, 0.25) is 5.02 Å². The van der Waals surface area contributed by atoms with Crippen molar-refractivity contribution in [1.29, 1.82) is 0 Å². The molecule has 2 aromatic rings. The highest BCUT2D eigenvalue weighted by molar-refractivity contribution is 7.89. The predicted molar refractivity (Wildman–Crippen MR) is 95.8 cm³/mol. The molecule has 1 aromatic carbocycles. The molecule has 0 amide bonds. The van der Waals surface area contributed by atoms with E-state index in [9.17, 15) is 8.42 Å². The Hall–Kier alpha value is -1.63. The van der Waals surface area contributed by atoms with E-state index in [2.05, 4.69) is 4.98 Å². The van der Waals surface area contributed by atoms with Gasteiger partial charge in [0.15, 0.2) is 0 Å². The van der Waals surface area contributed by atoms with E-state index >= 15 is 0 Å². The molecule has 0 aliphatic carbocycles. The summed E-state index contributed by atoms with van der Waals surface area (Å²) in [5.41, 5.74) is 1.11. The van der Waals surface area contributed by atoms with Crippen LogP contribution in [-0.4, -0.2) is 37.8 Å². The molecule has 7 heteroatoms. The number of rotatable bonds is 5. The van der Waals surface area contributed by atoms with Crippen molar-refractivity contribution in [2.45, 2.75) is 24.3 Å². The van der Waals surface area contributed by atoms with Crippen LogP contribution < -0.4 is 4.90 Å². The molecule has 0 bridgehead atoms. The smallest absolute Gasteiger partial charge is 0.244 e. The Balaban J connectivity index is 1.72. The van der Waals surface area contributed by atoms with Crippen molar-refractivity contribution in [3.05, 3.63) is 53.2 Å². The Bertz CT molecular complexity index is 786.